The topological polar surface area (TPSA) is 67.5 Å². The number of aryl methyl sites for hydroxylation is 1. The molecule has 0 aliphatic carbocycles. The largest absolute Gasteiger partial charge is 0.341 e. The van der Waals surface area contributed by atoms with E-state index in [1.807, 2.05) is 30.9 Å². The molecule has 2 unspecified atom stereocenters. The molecule has 9 heteroatoms. The van der Waals surface area contributed by atoms with E-state index in [4.69, 9.17) is 16.6 Å². The highest BCUT2D eigenvalue weighted by atomic mass is 35.5. The number of rotatable bonds is 5. The van der Waals surface area contributed by atoms with E-state index in [1.54, 1.807) is 16.9 Å². The Morgan fingerprint density at radius 2 is 2.17 bits per heavy atom. The number of hydrogen-bond acceptors (Lipinski definition) is 6. The molecule has 0 saturated heterocycles. The van der Waals surface area contributed by atoms with Gasteiger partial charge in [-0.1, -0.05) is 17.7 Å². The van der Waals surface area contributed by atoms with Crippen LogP contribution in [0, 0.1) is 5.82 Å². The van der Waals surface area contributed by atoms with E-state index in [1.165, 1.54) is 23.5 Å². The molecule has 0 fully saturated rings. The Kier molecular flexibility index (Phi) is 4.52. The van der Waals surface area contributed by atoms with Gasteiger partial charge in [0, 0.05) is 59.3 Å². The van der Waals surface area contributed by atoms with Crippen molar-refractivity contribution in [3.05, 3.63) is 74.8 Å². The molecule has 0 amide bonds. The van der Waals surface area contributed by atoms with Crippen LogP contribution in [0.15, 0.2) is 57.7 Å². The van der Waals surface area contributed by atoms with Gasteiger partial charge < -0.3 is 5.32 Å². The number of amidine groups is 1. The van der Waals surface area contributed by atoms with Crippen molar-refractivity contribution in [3.8, 4) is 0 Å². The minimum Gasteiger partial charge on any atom is -0.341 e. The fraction of sp³-hybridized carbons (Fsp3) is 0.200. The van der Waals surface area contributed by atoms with Gasteiger partial charge in [0.2, 0.25) is 0 Å². The smallest absolute Gasteiger partial charge is 0.163 e. The van der Waals surface area contributed by atoms with E-state index in [0.29, 0.717) is 17.3 Å². The molecule has 6 nitrogen and oxygen atoms in total. The number of nitrogens with one attached hydrogen (secondary N) is 1. The normalized spacial score (nSPS) is 20.6. The molecular formula is C20H16ClFN6S. The van der Waals surface area contributed by atoms with Crippen LogP contribution in [0.4, 0.5) is 4.39 Å². The fourth-order valence-electron chi connectivity index (χ4n) is 3.39. The second-order valence-corrected chi connectivity index (χ2v) is 8.15. The molecule has 3 aromatic rings. The van der Waals surface area contributed by atoms with E-state index in [9.17, 15) is 4.39 Å². The lowest BCUT2D eigenvalue weighted by Crippen LogP contribution is -2.31. The summed E-state index contributed by atoms with van der Waals surface area (Å²) >= 11 is 7.94. The molecule has 2 aliphatic rings. The lowest BCUT2D eigenvalue weighted by Gasteiger charge is -2.28. The molecule has 4 heterocycles. The van der Waals surface area contributed by atoms with Crippen molar-refractivity contribution < 1.29 is 4.39 Å². The van der Waals surface area contributed by atoms with Gasteiger partial charge in [0.15, 0.2) is 10.8 Å². The number of hydrogen-bond donors (Lipinski definition) is 1. The van der Waals surface area contributed by atoms with Gasteiger partial charge in [-0.15, -0.1) is 11.3 Å². The third-order valence-electron chi connectivity index (χ3n) is 4.78. The highest BCUT2D eigenvalue weighted by molar-refractivity contribution is 7.11. The molecule has 1 N–H and O–H groups in total. The number of aromatic nitrogens is 3. The van der Waals surface area contributed by atoms with E-state index >= 15 is 0 Å². The summed E-state index contributed by atoms with van der Waals surface area (Å²) in [4.78, 5) is 13.6. The van der Waals surface area contributed by atoms with Crippen LogP contribution >= 0.6 is 22.9 Å². The lowest BCUT2D eigenvalue weighted by molar-refractivity contribution is 0.626. The van der Waals surface area contributed by atoms with E-state index in [2.05, 4.69) is 20.4 Å². The maximum atomic E-state index is 13.7. The summed E-state index contributed by atoms with van der Waals surface area (Å²) in [7, 11) is 1.87. The first kappa shape index (κ1) is 18.2. The molecular weight excluding hydrogens is 411 g/mol. The zero-order valence-electron chi connectivity index (χ0n) is 15.4. The molecule has 2 aromatic heterocycles. The van der Waals surface area contributed by atoms with Crippen molar-refractivity contribution in [2.75, 3.05) is 0 Å². The van der Waals surface area contributed by atoms with Gasteiger partial charge in [-0.25, -0.2) is 9.37 Å². The molecule has 0 spiro atoms. The van der Waals surface area contributed by atoms with Gasteiger partial charge in [-0.2, -0.15) is 5.10 Å². The number of thiazole rings is 1. The van der Waals surface area contributed by atoms with Crippen molar-refractivity contribution >= 4 is 40.6 Å². The van der Waals surface area contributed by atoms with Crippen LogP contribution in [-0.4, -0.2) is 32.9 Å². The van der Waals surface area contributed by atoms with Gasteiger partial charge in [0.05, 0.1) is 11.7 Å². The maximum Gasteiger partial charge on any atom is 0.163 e. The maximum absolute atomic E-state index is 13.7. The number of halogens is 2. The summed E-state index contributed by atoms with van der Waals surface area (Å²) in [6, 6.07) is 6.07. The summed E-state index contributed by atoms with van der Waals surface area (Å²) < 4.78 is 15.5. The summed E-state index contributed by atoms with van der Waals surface area (Å²) in [5.41, 5.74) is 3.40. The highest BCUT2D eigenvalue weighted by Gasteiger charge is 2.32. The molecule has 0 bridgehead atoms. The Morgan fingerprint density at radius 3 is 2.83 bits per heavy atom. The summed E-state index contributed by atoms with van der Waals surface area (Å²) in [5.74, 6) is 0.285. The van der Waals surface area contributed by atoms with Gasteiger partial charge in [-0.3, -0.25) is 14.7 Å². The standard InChI is InChI=1S/C20H16ClFN6S/c1-28-6-4-15(27-28)17-16(9-12-10-24-12)25-19(20-23-5-7-29-20)26-18(17)13-3-2-11(22)8-14(13)21/h2-8,10,12,18H,9H2,1H3,(H,25,26). The van der Waals surface area contributed by atoms with Crippen molar-refractivity contribution in [2.24, 2.45) is 17.0 Å². The fourth-order valence-corrected chi connectivity index (χ4v) is 4.25. The molecule has 5 rings (SSSR count). The Balaban J connectivity index is 1.69. The van der Waals surface area contributed by atoms with Crippen LogP contribution in [0.25, 0.3) is 5.57 Å². The van der Waals surface area contributed by atoms with Gasteiger partial charge in [-0.05, 0) is 18.2 Å². The SMILES string of the molecule is Cn1ccc(C2=C(CC3C=N3)NC(c3nccs3)=NC2c2ccc(F)cc2Cl)n1. The Labute approximate surface area is 175 Å². The monoisotopic (exact) mass is 426 g/mol. The van der Waals surface area contributed by atoms with Crippen LogP contribution in [0.3, 0.4) is 0 Å². The van der Waals surface area contributed by atoms with Crippen LogP contribution in [0.2, 0.25) is 5.02 Å². The average molecular weight is 427 g/mol. The second kappa shape index (κ2) is 7.20. The third-order valence-corrected chi connectivity index (χ3v) is 5.89. The quantitative estimate of drug-likeness (QED) is 0.670. The molecule has 0 radical (unpaired) electrons. The first-order chi connectivity index (χ1) is 14.1. The summed E-state index contributed by atoms with van der Waals surface area (Å²) in [6.45, 7) is 0. The predicted molar refractivity (Wildman–Crippen MR) is 113 cm³/mol. The van der Waals surface area contributed by atoms with E-state index < -0.39 is 6.04 Å². The van der Waals surface area contributed by atoms with Gasteiger partial charge in [0.1, 0.15) is 11.9 Å². The summed E-state index contributed by atoms with van der Waals surface area (Å²) in [6.07, 6.45) is 6.24. The van der Waals surface area contributed by atoms with Crippen LogP contribution < -0.4 is 5.32 Å². The first-order valence-electron chi connectivity index (χ1n) is 9.04. The molecule has 1 aromatic carbocycles. The van der Waals surface area contributed by atoms with Gasteiger partial charge in [0.25, 0.3) is 0 Å². The zero-order valence-corrected chi connectivity index (χ0v) is 17.0. The molecule has 146 valence electrons. The van der Waals surface area contributed by atoms with Crippen LogP contribution in [0.5, 0.6) is 0 Å². The average Bonchev–Trinajstić information content (AvgIpc) is 3.16. The van der Waals surface area contributed by atoms with Crippen molar-refractivity contribution in [3.63, 3.8) is 0 Å². The van der Waals surface area contributed by atoms with Gasteiger partial charge >= 0.3 is 0 Å². The van der Waals surface area contributed by atoms with Crippen molar-refractivity contribution in [1.29, 1.82) is 0 Å². The molecule has 0 saturated carbocycles. The van der Waals surface area contributed by atoms with E-state index in [-0.39, 0.29) is 11.9 Å². The predicted octanol–water partition coefficient (Wildman–Crippen LogP) is 4.01. The first-order valence-corrected chi connectivity index (χ1v) is 10.3. The summed E-state index contributed by atoms with van der Waals surface area (Å²) in [5, 5.41) is 11.1. The lowest BCUT2D eigenvalue weighted by atomic mass is 9.91. The Bertz CT molecular complexity index is 1160. The number of benzene rings is 1. The Hall–Kier alpha value is -2.84. The van der Waals surface area contributed by atoms with Crippen LogP contribution in [-0.2, 0) is 7.05 Å². The molecule has 2 aliphatic heterocycles. The van der Waals surface area contributed by atoms with E-state index in [0.717, 1.165) is 27.5 Å². The molecule has 2 atom stereocenters. The Morgan fingerprint density at radius 1 is 1.31 bits per heavy atom. The third kappa shape index (κ3) is 3.61. The van der Waals surface area contributed by atoms with Crippen LogP contribution in [0.1, 0.15) is 28.7 Å². The molecule has 29 heavy (non-hydrogen) atoms. The second-order valence-electron chi connectivity index (χ2n) is 6.84. The number of nitrogens with zero attached hydrogens (tertiary/aromatic N) is 5. The van der Waals surface area contributed by atoms with Crippen molar-refractivity contribution in [2.45, 2.75) is 18.5 Å². The minimum atomic E-state index is -0.438. The number of aliphatic imine (C=N–C) groups is 2. The minimum absolute atomic E-state index is 0.163. The van der Waals surface area contributed by atoms with Crippen molar-refractivity contribution in [1.82, 2.24) is 20.1 Å². The highest BCUT2D eigenvalue weighted by Crippen LogP contribution is 2.41. The zero-order chi connectivity index (χ0) is 20.0.